The zero-order chi connectivity index (χ0) is 18.5. The summed E-state index contributed by atoms with van der Waals surface area (Å²) in [5, 5.41) is 3.04. The van der Waals surface area contributed by atoms with Crippen LogP contribution < -0.4 is 15.1 Å². The molecule has 3 heterocycles. The Hall–Kier alpha value is -2.56. The van der Waals surface area contributed by atoms with Gasteiger partial charge in [-0.05, 0) is 62.1 Å². The average Bonchev–Trinajstić information content (AvgIpc) is 3.11. The first kappa shape index (κ1) is 17.8. The van der Waals surface area contributed by atoms with Crippen molar-refractivity contribution in [1.29, 1.82) is 0 Å². The van der Waals surface area contributed by atoms with Gasteiger partial charge in [-0.2, -0.15) is 0 Å². The Kier molecular flexibility index (Phi) is 5.56. The van der Waals surface area contributed by atoms with Crippen LogP contribution >= 0.6 is 0 Å². The number of benzene rings is 1. The number of hydrogen-bond acceptors (Lipinski definition) is 4. The molecule has 0 bridgehead atoms. The van der Waals surface area contributed by atoms with E-state index in [1.54, 1.807) is 6.20 Å². The zero-order valence-electron chi connectivity index (χ0n) is 15.9. The number of hydrogen-bond donors (Lipinski definition) is 1. The number of nitrogens with zero attached hydrogens (tertiary/aromatic N) is 3. The molecular weight excluding hydrogens is 336 g/mol. The van der Waals surface area contributed by atoms with E-state index < -0.39 is 0 Å². The summed E-state index contributed by atoms with van der Waals surface area (Å²) in [4.78, 5) is 22.0. The summed E-state index contributed by atoms with van der Waals surface area (Å²) < 4.78 is 0. The van der Waals surface area contributed by atoms with E-state index in [-0.39, 0.29) is 5.91 Å². The summed E-state index contributed by atoms with van der Waals surface area (Å²) in [6.07, 6.45) is 9.27. The number of amides is 1. The summed E-state index contributed by atoms with van der Waals surface area (Å²) in [5.41, 5.74) is 2.72. The number of carbonyl (C=O) groups is 1. The number of pyridine rings is 1. The first-order valence-electron chi connectivity index (χ1n) is 10.2. The van der Waals surface area contributed by atoms with Crippen molar-refractivity contribution in [3.8, 4) is 0 Å². The topological polar surface area (TPSA) is 48.5 Å². The smallest absolute Gasteiger partial charge is 0.259 e. The van der Waals surface area contributed by atoms with Crippen molar-refractivity contribution < 1.29 is 4.79 Å². The largest absolute Gasteiger partial charge is 0.372 e. The molecule has 2 aromatic rings. The van der Waals surface area contributed by atoms with Gasteiger partial charge in [0.1, 0.15) is 5.82 Å². The molecule has 1 amide bonds. The van der Waals surface area contributed by atoms with Crippen LogP contribution in [0.5, 0.6) is 0 Å². The van der Waals surface area contributed by atoms with Crippen LogP contribution in [0.1, 0.15) is 48.9 Å². The third kappa shape index (κ3) is 4.24. The maximum atomic E-state index is 12.8. The van der Waals surface area contributed by atoms with Gasteiger partial charge in [0.15, 0.2) is 0 Å². The molecule has 5 heteroatoms. The minimum Gasteiger partial charge on any atom is -0.372 e. The van der Waals surface area contributed by atoms with Crippen LogP contribution in [0.3, 0.4) is 0 Å². The summed E-state index contributed by atoms with van der Waals surface area (Å²) >= 11 is 0. The number of rotatable bonds is 4. The number of carbonyl (C=O) groups excluding carboxylic acids is 1. The van der Waals surface area contributed by atoms with Gasteiger partial charge in [0.25, 0.3) is 5.91 Å². The maximum Gasteiger partial charge on any atom is 0.259 e. The van der Waals surface area contributed by atoms with Crippen molar-refractivity contribution >= 4 is 23.1 Å². The molecular formula is C22H28N4O. The second kappa shape index (κ2) is 8.42. The molecule has 2 fully saturated rings. The number of nitrogens with one attached hydrogen (secondary N) is 1. The van der Waals surface area contributed by atoms with E-state index in [9.17, 15) is 4.79 Å². The van der Waals surface area contributed by atoms with Gasteiger partial charge in [-0.25, -0.2) is 4.98 Å². The van der Waals surface area contributed by atoms with Gasteiger partial charge in [0, 0.05) is 43.8 Å². The van der Waals surface area contributed by atoms with Crippen molar-refractivity contribution in [2.24, 2.45) is 0 Å². The quantitative estimate of drug-likeness (QED) is 0.878. The van der Waals surface area contributed by atoms with E-state index in [4.69, 9.17) is 0 Å². The van der Waals surface area contributed by atoms with Gasteiger partial charge in [-0.1, -0.05) is 12.8 Å². The lowest BCUT2D eigenvalue weighted by molar-refractivity contribution is 0.102. The first-order chi connectivity index (χ1) is 13.3. The highest BCUT2D eigenvalue weighted by Crippen LogP contribution is 2.24. The molecule has 2 aliphatic heterocycles. The molecule has 4 rings (SSSR count). The molecule has 1 aromatic carbocycles. The van der Waals surface area contributed by atoms with Crippen molar-refractivity contribution in [2.45, 2.75) is 38.5 Å². The second-order valence-electron chi connectivity index (χ2n) is 7.47. The Morgan fingerprint density at radius 1 is 0.815 bits per heavy atom. The Morgan fingerprint density at radius 2 is 1.44 bits per heavy atom. The predicted molar refractivity (Wildman–Crippen MR) is 111 cm³/mol. The monoisotopic (exact) mass is 364 g/mol. The molecule has 0 spiro atoms. The van der Waals surface area contributed by atoms with E-state index in [0.29, 0.717) is 5.56 Å². The van der Waals surface area contributed by atoms with Crippen molar-refractivity contribution in [3.05, 3.63) is 48.2 Å². The number of anilines is 3. The molecule has 1 N–H and O–H groups in total. The summed E-state index contributed by atoms with van der Waals surface area (Å²) in [7, 11) is 0. The van der Waals surface area contributed by atoms with Gasteiger partial charge in [0.05, 0.1) is 5.56 Å². The molecule has 0 saturated carbocycles. The van der Waals surface area contributed by atoms with Crippen LogP contribution in [-0.2, 0) is 0 Å². The molecule has 142 valence electrons. The highest BCUT2D eigenvalue weighted by molar-refractivity contribution is 6.07. The van der Waals surface area contributed by atoms with Crippen LogP contribution in [-0.4, -0.2) is 37.1 Å². The molecule has 0 atom stereocenters. The second-order valence-corrected chi connectivity index (χ2v) is 7.47. The first-order valence-corrected chi connectivity index (χ1v) is 10.2. The maximum absolute atomic E-state index is 12.8. The van der Waals surface area contributed by atoms with Crippen molar-refractivity contribution in [2.75, 3.05) is 41.3 Å². The third-order valence-corrected chi connectivity index (χ3v) is 5.53. The van der Waals surface area contributed by atoms with Gasteiger partial charge >= 0.3 is 0 Å². The predicted octanol–water partition coefficient (Wildman–Crippen LogP) is 4.31. The molecule has 5 nitrogen and oxygen atoms in total. The van der Waals surface area contributed by atoms with E-state index >= 15 is 0 Å². The highest BCUT2D eigenvalue weighted by Gasteiger charge is 2.20. The van der Waals surface area contributed by atoms with Crippen molar-refractivity contribution in [3.63, 3.8) is 0 Å². The Balaban J connectivity index is 1.45. The molecule has 2 saturated heterocycles. The van der Waals surface area contributed by atoms with Gasteiger partial charge < -0.3 is 15.1 Å². The third-order valence-electron chi connectivity index (χ3n) is 5.53. The van der Waals surface area contributed by atoms with Gasteiger partial charge in [-0.15, -0.1) is 0 Å². The molecule has 2 aliphatic rings. The Bertz CT molecular complexity index is 760. The molecule has 27 heavy (non-hydrogen) atoms. The SMILES string of the molecule is O=C(Nc1ccc(N2CCCCCC2)cc1)c1cccnc1N1CCCC1. The lowest BCUT2D eigenvalue weighted by atomic mass is 10.2. The van der Waals surface area contributed by atoms with Gasteiger partial charge in [-0.3, -0.25) is 4.79 Å². The van der Waals surface area contributed by atoms with Crippen LogP contribution in [0.4, 0.5) is 17.2 Å². The average molecular weight is 364 g/mol. The van der Waals surface area contributed by atoms with Crippen LogP contribution in [0.2, 0.25) is 0 Å². The van der Waals surface area contributed by atoms with E-state index in [0.717, 1.165) is 50.5 Å². The van der Waals surface area contributed by atoms with E-state index in [1.807, 2.05) is 24.3 Å². The van der Waals surface area contributed by atoms with Crippen LogP contribution in [0, 0.1) is 0 Å². The van der Waals surface area contributed by atoms with Crippen molar-refractivity contribution in [1.82, 2.24) is 4.98 Å². The lowest BCUT2D eigenvalue weighted by Gasteiger charge is -2.23. The molecule has 0 aliphatic carbocycles. The van der Waals surface area contributed by atoms with E-state index in [2.05, 4.69) is 32.2 Å². The fraction of sp³-hybridized carbons (Fsp3) is 0.455. The highest BCUT2D eigenvalue weighted by atomic mass is 16.1. The summed E-state index contributed by atoms with van der Waals surface area (Å²) in [5.74, 6) is 0.709. The molecule has 0 radical (unpaired) electrons. The standard InChI is InChI=1S/C22H28N4O/c27-22(20-8-7-13-23-21(20)26-16-5-6-17-26)24-18-9-11-19(12-10-18)25-14-3-1-2-4-15-25/h7-13H,1-6,14-17H2,(H,24,27). The minimum atomic E-state index is -0.0903. The molecule has 1 aromatic heterocycles. The summed E-state index contributed by atoms with van der Waals surface area (Å²) in [6.45, 7) is 4.20. The zero-order valence-corrected chi connectivity index (χ0v) is 15.9. The minimum absolute atomic E-state index is 0.0903. The summed E-state index contributed by atoms with van der Waals surface area (Å²) in [6, 6.07) is 11.9. The van der Waals surface area contributed by atoms with Gasteiger partial charge in [0.2, 0.25) is 0 Å². The van der Waals surface area contributed by atoms with Crippen LogP contribution in [0.15, 0.2) is 42.6 Å². The van der Waals surface area contributed by atoms with Crippen LogP contribution in [0.25, 0.3) is 0 Å². The fourth-order valence-electron chi connectivity index (χ4n) is 4.04. The lowest BCUT2D eigenvalue weighted by Crippen LogP contribution is -2.24. The fourth-order valence-corrected chi connectivity index (χ4v) is 4.04. The number of aromatic nitrogens is 1. The normalized spacial score (nSPS) is 17.6. The molecule has 0 unspecified atom stereocenters. The van der Waals surface area contributed by atoms with E-state index in [1.165, 1.54) is 31.4 Å². The Morgan fingerprint density at radius 3 is 2.15 bits per heavy atom. The Labute approximate surface area is 161 Å².